The van der Waals surface area contributed by atoms with Gasteiger partial charge in [-0.05, 0) is 30.2 Å². The van der Waals surface area contributed by atoms with E-state index in [1.807, 2.05) is 48.5 Å². The van der Waals surface area contributed by atoms with Crippen LogP contribution in [0.1, 0.15) is 28.5 Å². The van der Waals surface area contributed by atoms with Crippen LogP contribution in [-0.2, 0) is 0 Å². The molecule has 2 aromatic heterocycles. The Balaban J connectivity index is 1.54. The van der Waals surface area contributed by atoms with Crippen molar-refractivity contribution in [3.05, 3.63) is 72.1 Å². The number of aliphatic hydroxyl groups excluding tert-OH is 1. The first-order valence-electron chi connectivity index (χ1n) is 8.61. The van der Waals surface area contributed by atoms with Crippen molar-refractivity contribution >= 4 is 16.8 Å². The average molecular weight is 362 g/mol. The van der Waals surface area contributed by atoms with E-state index in [4.69, 9.17) is 4.52 Å². The van der Waals surface area contributed by atoms with Crippen LogP contribution in [0, 0.1) is 0 Å². The van der Waals surface area contributed by atoms with Gasteiger partial charge in [0.25, 0.3) is 5.91 Å². The van der Waals surface area contributed by atoms with E-state index in [2.05, 4.69) is 20.7 Å². The summed E-state index contributed by atoms with van der Waals surface area (Å²) in [7, 11) is 0. The standard InChI is InChI=1S/C20H18N4O3/c25-9-8-16(13-4-2-1-3-5-13)22-20(26)18-11-19(27-24-18)14-6-7-17-15(10-14)12-21-23-17/h1-7,10-12,16,25H,8-9H2,(H,21,23)(H,22,26)/t16-/m1/s1. The largest absolute Gasteiger partial charge is 0.396 e. The lowest BCUT2D eigenvalue weighted by atomic mass is 10.0. The lowest BCUT2D eigenvalue weighted by Gasteiger charge is -2.17. The van der Waals surface area contributed by atoms with Crippen LogP contribution in [0.25, 0.3) is 22.2 Å². The summed E-state index contributed by atoms with van der Waals surface area (Å²) in [5.41, 5.74) is 2.85. The molecule has 0 radical (unpaired) electrons. The highest BCUT2D eigenvalue weighted by atomic mass is 16.5. The van der Waals surface area contributed by atoms with Gasteiger partial charge in [-0.3, -0.25) is 9.89 Å². The van der Waals surface area contributed by atoms with E-state index in [1.54, 1.807) is 12.3 Å². The molecule has 4 aromatic rings. The molecule has 0 bridgehead atoms. The molecule has 1 atom stereocenters. The number of aromatic amines is 1. The van der Waals surface area contributed by atoms with Crippen LogP contribution in [0.5, 0.6) is 0 Å². The number of nitrogens with zero attached hydrogens (tertiary/aromatic N) is 2. The van der Waals surface area contributed by atoms with Crippen molar-refractivity contribution in [2.75, 3.05) is 6.61 Å². The Morgan fingerprint density at radius 3 is 2.85 bits per heavy atom. The van der Waals surface area contributed by atoms with E-state index in [1.165, 1.54) is 0 Å². The minimum absolute atomic E-state index is 0.0331. The molecule has 136 valence electrons. The van der Waals surface area contributed by atoms with Gasteiger partial charge in [-0.1, -0.05) is 35.5 Å². The normalized spacial score (nSPS) is 12.2. The number of hydrogen-bond donors (Lipinski definition) is 3. The number of aliphatic hydroxyl groups is 1. The summed E-state index contributed by atoms with van der Waals surface area (Å²) < 4.78 is 5.35. The van der Waals surface area contributed by atoms with E-state index in [-0.39, 0.29) is 24.2 Å². The van der Waals surface area contributed by atoms with Gasteiger partial charge in [-0.2, -0.15) is 5.10 Å². The van der Waals surface area contributed by atoms with Crippen molar-refractivity contribution in [2.24, 2.45) is 0 Å². The second kappa shape index (κ2) is 7.43. The number of carbonyl (C=O) groups excluding carboxylic acids is 1. The zero-order valence-electron chi connectivity index (χ0n) is 14.4. The van der Waals surface area contributed by atoms with Crippen LogP contribution in [0.4, 0.5) is 0 Å². The lowest BCUT2D eigenvalue weighted by molar-refractivity contribution is 0.0921. The molecule has 0 unspecified atom stereocenters. The molecule has 0 spiro atoms. The van der Waals surface area contributed by atoms with Gasteiger partial charge in [-0.15, -0.1) is 0 Å². The summed E-state index contributed by atoms with van der Waals surface area (Å²) in [6, 6.07) is 16.5. The van der Waals surface area contributed by atoms with Crippen molar-refractivity contribution in [2.45, 2.75) is 12.5 Å². The van der Waals surface area contributed by atoms with E-state index in [0.717, 1.165) is 22.0 Å². The molecule has 0 aliphatic heterocycles. The average Bonchev–Trinajstić information content (AvgIpc) is 3.37. The fourth-order valence-electron chi connectivity index (χ4n) is 2.98. The Labute approximate surface area is 155 Å². The fraction of sp³-hybridized carbons (Fsp3) is 0.150. The third kappa shape index (κ3) is 3.58. The van der Waals surface area contributed by atoms with E-state index in [9.17, 15) is 9.90 Å². The number of fused-ring (bicyclic) bond motifs is 1. The number of carbonyl (C=O) groups is 1. The first-order valence-corrected chi connectivity index (χ1v) is 8.61. The highest BCUT2D eigenvalue weighted by molar-refractivity contribution is 5.93. The van der Waals surface area contributed by atoms with Crippen molar-refractivity contribution in [1.82, 2.24) is 20.7 Å². The molecule has 0 saturated carbocycles. The van der Waals surface area contributed by atoms with Gasteiger partial charge in [0, 0.05) is 23.6 Å². The van der Waals surface area contributed by atoms with E-state index in [0.29, 0.717) is 12.2 Å². The van der Waals surface area contributed by atoms with Gasteiger partial charge < -0.3 is 14.9 Å². The second-order valence-corrected chi connectivity index (χ2v) is 6.20. The predicted octanol–water partition coefficient (Wildman–Crippen LogP) is 3.07. The summed E-state index contributed by atoms with van der Waals surface area (Å²) in [6.45, 7) is -0.0331. The Hall–Kier alpha value is -3.45. The molecule has 2 aromatic carbocycles. The van der Waals surface area contributed by atoms with E-state index < -0.39 is 0 Å². The maximum atomic E-state index is 12.6. The summed E-state index contributed by atoms with van der Waals surface area (Å²) in [6.07, 6.45) is 2.14. The molecule has 0 saturated heterocycles. The van der Waals surface area contributed by atoms with Crippen molar-refractivity contribution in [3.63, 3.8) is 0 Å². The molecule has 4 rings (SSSR count). The van der Waals surface area contributed by atoms with Crippen LogP contribution < -0.4 is 5.32 Å². The Kier molecular flexibility index (Phi) is 4.67. The molecular formula is C20H18N4O3. The number of nitrogens with one attached hydrogen (secondary N) is 2. The van der Waals surface area contributed by atoms with Crippen LogP contribution in [-0.4, -0.2) is 33.0 Å². The Morgan fingerprint density at radius 2 is 2.04 bits per heavy atom. The quantitative estimate of drug-likeness (QED) is 0.489. The number of hydrogen-bond acceptors (Lipinski definition) is 5. The first kappa shape index (κ1) is 17.0. The zero-order chi connectivity index (χ0) is 18.6. The zero-order valence-corrected chi connectivity index (χ0v) is 14.4. The summed E-state index contributed by atoms with van der Waals surface area (Å²) >= 11 is 0. The third-order valence-electron chi connectivity index (χ3n) is 4.39. The molecule has 0 aliphatic carbocycles. The molecule has 0 aliphatic rings. The van der Waals surface area contributed by atoms with Crippen molar-refractivity contribution in [3.8, 4) is 11.3 Å². The van der Waals surface area contributed by atoms with Crippen molar-refractivity contribution < 1.29 is 14.4 Å². The van der Waals surface area contributed by atoms with Gasteiger partial charge in [0.15, 0.2) is 11.5 Å². The van der Waals surface area contributed by atoms with Crippen LogP contribution in [0.2, 0.25) is 0 Å². The highest BCUT2D eigenvalue weighted by Crippen LogP contribution is 2.24. The summed E-state index contributed by atoms with van der Waals surface area (Å²) in [4.78, 5) is 12.6. The number of amides is 1. The fourth-order valence-corrected chi connectivity index (χ4v) is 2.98. The first-order chi connectivity index (χ1) is 13.2. The SMILES string of the molecule is O=C(N[C@H](CCO)c1ccccc1)c1cc(-c2ccc3[nH]ncc3c2)on1. The van der Waals surface area contributed by atoms with Gasteiger partial charge in [-0.25, -0.2) is 0 Å². The molecular weight excluding hydrogens is 344 g/mol. The maximum absolute atomic E-state index is 12.6. The minimum atomic E-state index is -0.350. The molecule has 2 heterocycles. The molecule has 7 heteroatoms. The smallest absolute Gasteiger partial charge is 0.273 e. The minimum Gasteiger partial charge on any atom is -0.396 e. The number of benzene rings is 2. The van der Waals surface area contributed by atoms with E-state index >= 15 is 0 Å². The summed E-state index contributed by atoms with van der Waals surface area (Å²) in [5, 5.41) is 23.9. The van der Waals surface area contributed by atoms with Crippen LogP contribution in [0.3, 0.4) is 0 Å². The highest BCUT2D eigenvalue weighted by Gasteiger charge is 2.19. The molecule has 3 N–H and O–H groups in total. The Morgan fingerprint density at radius 1 is 1.19 bits per heavy atom. The number of H-pyrrole nitrogens is 1. The topological polar surface area (TPSA) is 104 Å². The number of aromatic nitrogens is 3. The second-order valence-electron chi connectivity index (χ2n) is 6.20. The van der Waals surface area contributed by atoms with Gasteiger partial charge in [0.05, 0.1) is 17.8 Å². The van der Waals surface area contributed by atoms with Gasteiger partial charge in [0.2, 0.25) is 0 Å². The molecule has 1 amide bonds. The third-order valence-corrected chi connectivity index (χ3v) is 4.39. The maximum Gasteiger partial charge on any atom is 0.273 e. The Bertz CT molecular complexity index is 1060. The predicted molar refractivity (Wildman–Crippen MR) is 99.9 cm³/mol. The summed E-state index contributed by atoms with van der Waals surface area (Å²) in [5.74, 6) is 0.151. The monoisotopic (exact) mass is 362 g/mol. The molecule has 7 nitrogen and oxygen atoms in total. The van der Waals surface area contributed by atoms with Crippen LogP contribution in [0.15, 0.2) is 65.3 Å². The van der Waals surface area contributed by atoms with Gasteiger partial charge in [0.1, 0.15) is 0 Å². The lowest BCUT2D eigenvalue weighted by Crippen LogP contribution is -2.29. The molecule has 0 fully saturated rings. The van der Waals surface area contributed by atoms with Crippen molar-refractivity contribution in [1.29, 1.82) is 0 Å². The molecule has 27 heavy (non-hydrogen) atoms. The van der Waals surface area contributed by atoms with Crippen LogP contribution >= 0.6 is 0 Å². The number of rotatable bonds is 6. The van der Waals surface area contributed by atoms with Gasteiger partial charge >= 0.3 is 0 Å².